The van der Waals surface area contributed by atoms with Crippen LogP contribution in [0.4, 0.5) is 0 Å². The Hall–Kier alpha value is -1.95. The number of nitriles is 1. The third-order valence-corrected chi connectivity index (χ3v) is 1.64. The fourth-order valence-electron chi connectivity index (χ4n) is 1.09. The molecule has 2 aromatic rings. The van der Waals surface area contributed by atoms with Crippen molar-refractivity contribution in [2.75, 3.05) is 0 Å². The van der Waals surface area contributed by atoms with Crippen molar-refractivity contribution in [3.8, 4) is 6.07 Å². The van der Waals surface area contributed by atoms with Crippen LogP contribution in [-0.2, 0) is 0 Å². The lowest BCUT2D eigenvalue weighted by Crippen LogP contribution is -1.85. The smallest absolute Gasteiger partial charge is 0.149 e. The molecule has 3 nitrogen and oxygen atoms in total. The van der Waals surface area contributed by atoms with Gasteiger partial charge in [-0.2, -0.15) is 5.26 Å². The Balaban J connectivity index is 2.91. The second kappa shape index (κ2) is 2.59. The van der Waals surface area contributed by atoms with Crippen molar-refractivity contribution >= 4 is 10.9 Å². The number of hydrogen-bond acceptors (Lipinski definition) is 3. The summed E-state index contributed by atoms with van der Waals surface area (Å²) in [4.78, 5) is 8.02. The normalized spacial score (nSPS) is 9.58. The third kappa shape index (κ3) is 0.903. The van der Waals surface area contributed by atoms with E-state index < -0.39 is 0 Å². The Kier molecular flexibility index (Phi) is 1.45. The molecule has 12 heavy (non-hydrogen) atoms. The van der Waals surface area contributed by atoms with Crippen LogP contribution in [-0.4, -0.2) is 9.97 Å². The highest BCUT2D eigenvalue weighted by Gasteiger charge is 1.99. The summed E-state index contributed by atoms with van der Waals surface area (Å²) in [6.45, 7) is 0. The van der Waals surface area contributed by atoms with Crippen LogP contribution in [0.2, 0.25) is 0 Å². The molecule has 0 fully saturated rings. The Morgan fingerprint density at radius 3 is 2.92 bits per heavy atom. The van der Waals surface area contributed by atoms with E-state index in [1.165, 1.54) is 0 Å². The van der Waals surface area contributed by atoms with Gasteiger partial charge in [0.2, 0.25) is 0 Å². The van der Waals surface area contributed by atoms with Crippen molar-refractivity contribution in [2.45, 2.75) is 0 Å². The van der Waals surface area contributed by atoms with Gasteiger partial charge in [0, 0.05) is 17.8 Å². The van der Waals surface area contributed by atoms with E-state index in [1.807, 2.05) is 12.1 Å². The summed E-state index contributed by atoms with van der Waals surface area (Å²) in [5.74, 6) is 0. The molecule has 0 spiro atoms. The molecular formula is C9H5N3. The molecule has 0 aliphatic carbocycles. The Bertz CT molecular complexity index is 451. The van der Waals surface area contributed by atoms with Crippen molar-refractivity contribution in [2.24, 2.45) is 0 Å². The molecule has 3 heteroatoms. The molecule has 56 valence electrons. The van der Waals surface area contributed by atoms with Gasteiger partial charge in [0.25, 0.3) is 0 Å². The second-order valence-corrected chi connectivity index (χ2v) is 2.34. The first-order valence-electron chi connectivity index (χ1n) is 3.51. The molecule has 2 rings (SSSR count). The van der Waals surface area contributed by atoms with E-state index in [0.717, 1.165) is 10.9 Å². The lowest BCUT2D eigenvalue weighted by Gasteiger charge is -1.95. The molecule has 0 aliphatic heterocycles. The Morgan fingerprint density at radius 2 is 2.08 bits per heavy atom. The molecular weight excluding hydrogens is 150 g/mol. The van der Waals surface area contributed by atoms with Gasteiger partial charge in [0.1, 0.15) is 11.8 Å². The van der Waals surface area contributed by atoms with Gasteiger partial charge in [-0.15, -0.1) is 0 Å². The van der Waals surface area contributed by atoms with E-state index in [1.54, 1.807) is 24.5 Å². The first kappa shape index (κ1) is 6.74. The van der Waals surface area contributed by atoms with Crippen LogP contribution in [0.15, 0.2) is 30.6 Å². The van der Waals surface area contributed by atoms with Crippen molar-refractivity contribution in [1.29, 1.82) is 5.26 Å². The van der Waals surface area contributed by atoms with Crippen LogP contribution >= 0.6 is 0 Å². The van der Waals surface area contributed by atoms with E-state index in [9.17, 15) is 0 Å². The zero-order valence-corrected chi connectivity index (χ0v) is 6.23. The highest BCUT2D eigenvalue weighted by atomic mass is 14.7. The van der Waals surface area contributed by atoms with Gasteiger partial charge in [0.05, 0.1) is 5.52 Å². The third-order valence-electron chi connectivity index (χ3n) is 1.64. The van der Waals surface area contributed by atoms with Gasteiger partial charge in [-0.1, -0.05) is 0 Å². The Labute approximate surface area is 69.3 Å². The van der Waals surface area contributed by atoms with E-state index >= 15 is 0 Å². The average Bonchev–Trinajstić information content (AvgIpc) is 2.17. The minimum Gasteiger partial charge on any atom is -0.256 e. The predicted octanol–water partition coefficient (Wildman–Crippen LogP) is 1.50. The maximum Gasteiger partial charge on any atom is 0.149 e. The molecule has 0 N–H and O–H groups in total. The summed E-state index contributed by atoms with van der Waals surface area (Å²) in [5, 5.41) is 9.50. The summed E-state index contributed by atoms with van der Waals surface area (Å²) < 4.78 is 0. The Morgan fingerprint density at radius 1 is 1.17 bits per heavy atom. The predicted molar refractivity (Wildman–Crippen MR) is 44.3 cm³/mol. The number of nitrogens with zero attached hydrogens (tertiary/aromatic N) is 3. The van der Waals surface area contributed by atoms with Crippen molar-refractivity contribution in [3.05, 3.63) is 36.3 Å². The highest BCUT2D eigenvalue weighted by molar-refractivity contribution is 5.82. The largest absolute Gasteiger partial charge is 0.256 e. The van der Waals surface area contributed by atoms with Gasteiger partial charge in [0.15, 0.2) is 0 Å². The van der Waals surface area contributed by atoms with Gasteiger partial charge >= 0.3 is 0 Å². The number of hydrogen-bond donors (Lipinski definition) is 0. The molecule has 0 unspecified atom stereocenters. The summed E-state index contributed by atoms with van der Waals surface area (Å²) in [7, 11) is 0. The van der Waals surface area contributed by atoms with Crippen LogP contribution in [0.25, 0.3) is 10.9 Å². The highest BCUT2D eigenvalue weighted by Crippen LogP contribution is 2.11. The quantitative estimate of drug-likeness (QED) is 0.579. The zero-order chi connectivity index (χ0) is 8.39. The van der Waals surface area contributed by atoms with Crippen molar-refractivity contribution < 1.29 is 0 Å². The molecule has 0 aliphatic rings. The number of pyridine rings is 2. The standard InChI is InChI=1S/C9H5N3/c10-6-9-7-2-1-4-11-8(7)3-5-12-9/h1-5H. The van der Waals surface area contributed by atoms with E-state index in [-0.39, 0.29) is 0 Å². The SMILES string of the molecule is N#Cc1nccc2ncccc12. The van der Waals surface area contributed by atoms with Crippen LogP contribution < -0.4 is 0 Å². The lowest BCUT2D eigenvalue weighted by molar-refractivity contribution is 1.27. The molecule has 2 aromatic heterocycles. The van der Waals surface area contributed by atoms with Crippen LogP contribution in [0, 0.1) is 11.3 Å². The maximum atomic E-state index is 8.70. The first-order chi connectivity index (χ1) is 5.92. The fraction of sp³-hybridized carbons (Fsp3) is 0. The number of rotatable bonds is 0. The molecule has 0 saturated heterocycles. The molecule has 0 atom stereocenters. The van der Waals surface area contributed by atoms with Crippen LogP contribution in [0.3, 0.4) is 0 Å². The van der Waals surface area contributed by atoms with Crippen LogP contribution in [0.1, 0.15) is 5.69 Å². The molecule has 2 heterocycles. The minimum atomic E-state index is 0.431. The summed E-state index contributed by atoms with van der Waals surface area (Å²) in [6.07, 6.45) is 3.29. The van der Waals surface area contributed by atoms with Crippen molar-refractivity contribution in [3.63, 3.8) is 0 Å². The van der Waals surface area contributed by atoms with Crippen LogP contribution in [0.5, 0.6) is 0 Å². The first-order valence-corrected chi connectivity index (χ1v) is 3.51. The molecule has 0 amide bonds. The topological polar surface area (TPSA) is 49.6 Å². The van der Waals surface area contributed by atoms with E-state index in [0.29, 0.717) is 5.69 Å². The summed E-state index contributed by atoms with van der Waals surface area (Å²) in [6, 6.07) is 7.44. The molecule has 0 aromatic carbocycles. The number of fused-ring (bicyclic) bond motifs is 1. The minimum absolute atomic E-state index is 0.431. The lowest BCUT2D eigenvalue weighted by atomic mass is 10.2. The van der Waals surface area contributed by atoms with Gasteiger partial charge in [-0.25, -0.2) is 4.98 Å². The van der Waals surface area contributed by atoms with Gasteiger partial charge in [-0.05, 0) is 18.2 Å². The zero-order valence-electron chi connectivity index (χ0n) is 6.23. The average molecular weight is 155 g/mol. The monoisotopic (exact) mass is 155 g/mol. The molecule has 0 saturated carbocycles. The summed E-state index contributed by atoms with van der Waals surface area (Å²) >= 11 is 0. The maximum absolute atomic E-state index is 8.70. The molecule has 0 radical (unpaired) electrons. The number of aromatic nitrogens is 2. The fourth-order valence-corrected chi connectivity index (χ4v) is 1.09. The molecule has 0 bridgehead atoms. The second-order valence-electron chi connectivity index (χ2n) is 2.34. The van der Waals surface area contributed by atoms with Gasteiger partial charge in [-0.3, -0.25) is 4.98 Å². The van der Waals surface area contributed by atoms with E-state index in [4.69, 9.17) is 5.26 Å². The summed E-state index contributed by atoms with van der Waals surface area (Å²) in [5.41, 5.74) is 1.24. The van der Waals surface area contributed by atoms with Gasteiger partial charge < -0.3 is 0 Å². The van der Waals surface area contributed by atoms with Crippen molar-refractivity contribution in [1.82, 2.24) is 9.97 Å². The van der Waals surface area contributed by atoms with E-state index in [2.05, 4.69) is 9.97 Å².